The van der Waals surface area contributed by atoms with Crippen LogP contribution >= 0.6 is 0 Å². The topological polar surface area (TPSA) is 67.6 Å². The molecular formula is C20H25N3O3. The molecule has 2 saturated heterocycles. The van der Waals surface area contributed by atoms with E-state index < -0.39 is 0 Å². The van der Waals surface area contributed by atoms with Gasteiger partial charge in [-0.2, -0.15) is 0 Å². The van der Waals surface area contributed by atoms with Crippen LogP contribution in [-0.4, -0.2) is 48.2 Å². The van der Waals surface area contributed by atoms with E-state index in [-0.39, 0.29) is 23.9 Å². The Labute approximate surface area is 153 Å². The first kappa shape index (κ1) is 17.1. The van der Waals surface area contributed by atoms with Crippen LogP contribution in [0.25, 0.3) is 0 Å². The molecule has 0 aliphatic carbocycles. The minimum absolute atomic E-state index is 0.0327. The van der Waals surface area contributed by atoms with Crippen LogP contribution in [0.15, 0.2) is 28.8 Å². The van der Waals surface area contributed by atoms with Crippen molar-refractivity contribution in [3.05, 3.63) is 46.8 Å². The lowest BCUT2D eigenvalue weighted by Crippen LogP contribution is -2.49. The zero-order chi connectivity index (χ0) is 18.3. The molecule has 6 heteroatoms. The first-order valence-corrected chi connectivity index (χ1v) is 9.21. The molecule has 2 aliphatic rings. The van der Waals surface area contributed by atoms with Crippen LogP contribution in [0.3, 0.4) is 0 Å². The number of hydrogen-bond acceptors (Lipinski definition) is 5. The molecule has 3 heterocycles. The number of methoxy groups -OCH3 is 1. The molecule has 26 heavy (non-hydrogen) atoms. The molecule has 0 unspecified atom stereocenters. The molecule has 2 aliphatic heterocycles. The fourth-order valence-electron chi connectivity index (χ4n) is 4.47. The summed E-state index contributed by atoms with van der Waals surface area (Å²) < 4.78 is 10.6. The van der Waals surface area contributed by atoms with Gasteiger partial charge in [0.05, 0.1) is 12.8 Å². The number of aryl methyl sites for hydroxylation is 2. The molecule has 2 aromatic rings. The predicted molar refractivity (Wildman–Crippen MR) is 97.6 cm³/mol. The molecule has 0 radical (unpaired) electrons. The molecule has 0 saturated carbocycles. The molecule has 3 atom stereocenters. The van der Waals surface area contributed by atoms with Gasteiger partial charge in [0, 0.05) is 24.5 Å². The maximum Gasteiger partial charge on any atom is 0.259 e. The highest BCUT2D eigenvalue weighted by atomic mass is 16.5. The van der Waals surface area contributed by atoms with Crippen LogP contribution in [0, 0.1) is 13.8 Å². The van der Waals surface area contributed by atoms with Gasteiger partial charge in [0.2, 0.25) is 0 Å². The summed E-state index contributed by atoms with van der Waals surface area (Å²) in [6.07, 6.45) is 2.10. The minimum Gasteiger partial charge on any atom is -0.497 e. The van der Waals surface area contributed by atoms with Crippen LogP contribution in [-0.2, 0) is 0 Å². The van der Waals surface area contributed by atoms with Gasteiger partial charge in [-0.15, -0.1) is 0 Å². The van der Waals surface area contributed by atoms with Crippen LogP contribution < -0.4 is 10.1 Å². The number of piperidine rings is 1. The number of rotatable bonds is 3. The lowest BCUT2D eigenvalue weighted by atomic mass is 9.87. The van der Waals surface area contributed by atoms with Gasteiger partial charge in [0.15, 0.2) is 0 Å². The van der Waals surface area contributed by atoms with Crippen molar-refractivity contribution in [2.24, 2.45) is 0 Å². The molecule has 2 fully saturated rings. The lowest BCUT2D eigenvalue weighted by molar-refractivity contribution is 0.0703. The fourth-order valence-corrected chi connectivity index (χ4v) is 4.47. The normalized spacial score (nSPS) is 25.2. The third kappa shape index (κ3) is 2.78. The van der Waals surface area contributed by atoms with Crippen molar-refractivity contribution >= 4 is 5.91 Å². The maximum absolute atomic E-state index is 13.3. The number of amides is 1. The zero-order valence-corrected chi connectivity index (χ0v) is 15.5. The summed E-state index contributed by atoms with van der Waals surface area (Å²) in [5.74, 6) is 1.73. The SMILES string of the molecule is COc1cccc([C@H]2CN(C(=O)c3c(C)noc3C)[C@@H]3CCCN[C@H]23)c1. The minimum atomic E-state index is 0.0327. The third-order valence-electron chi connectivity index (χ3n) is 5.73. The number of aromatic nitrogens is 1. The van der Waals surface area contributed by atoms with E-state index in [4.69, 9.17) is 9.26 Å². The summed E-state index contributed by atoms with van der Waals surface area (Å²) in [6, 6.07) is 8.65. The number of nitrogens with one attached hydrogen (secondary N) is 1. The zero-order valence-electron chi connectivity index (χ0n) is 15.5. The van der Waals surface area contributed by atoms with Gasteiger partial charge in [-0.25, -0.2) is 0 Å². The Hall–Kier alpha value is -2.34. The number of nitrogens with zero attached hydrogens (tertiary/aromatic N) is 2. The Morgan fingerprint density at radius 3 is 2.96 bits per heavy atom. The Kier molecular flexibility index (Phi) is 4.44. The highest BCUT2D eigenvalue weighted by Gasteiger charge is 2.46. The number of likely N-dealkylation sites (tertiary alicyclic amines) is 1. The average molecular weight is 355 g/mol. The van der Waals surface area contributed by atoms with Gasteiger partial charge in [0.1, 0.15) is 17.1 Å². The Bertz CT molecular complexity index is 797. The van der Waals surface area contributed by atoms with Crippen molar-refractivity contribution < 1.29 is 14.1 Å². The van der Waals surface area contributed by atoms with Gasteiger partial charge < -0.3 is 19.5 Å². The van der Waals surface area contributed by atoms with Crippen LogP contribution in [0.1, 0.15) is 46.1 Å². The lowest BCUT2D eigenvalue weighted by Gasteiger charge is -2.33. The summed E-state index contributed by atoms with van der Waals surface area (Å²) in [4.78, 5) is 15.3. The average Bonchev–Trinajstić information content (AvgIpc) is 3.22. The number of carbonyl (C=O) groups is 1. The summed E-state index contributed by atoms with van der Waals surface area (Å²) in [5, 5.41) is 7.61. The highest BCUT2D eigenvalue weighted by Crippen LogP contribution is 2.38. The van der Waals surface area contributed by atoms with Crippen molar-refractivity contribution in [3.63, 3.8) is 0 Å². The standard InChI is InChI=1S/C20H25N3O3/c1-12-18(13(2)26-22-12)20(24)23-11-16(19-17(23)8-5-9-21-19)14-6-4-7-15(10-14)25-3/h4,6-7,10,16-17,19,21H,5,8-9,11H2,1-3H3/t16-,17-,19-/m1/s1. The largest absolute Gasteiger partial charge is 0.497 e. The predicted octanol–water partition coefficient (Wildman–Crippen LogP) is 2.66. The summed E-state index contributed by atoms with van der Waals surface area (Å²) in [6.45, 7) is 5.32. The number of ether oxygens (including phenoxy) is 1. The van der Waals surface area contributed by atoms with Crippen molar-refractivity contribution in [1.29, 1.82) is 0 Å². The highest BCUT2D eigenvalue weighted by molar-refractivity contribution is 5.96. The Morgan fingerprint density at radius 1 is 1.38 bits per heavy atom. The first-order chi connectivity index (χ1) is 12.6. The number of benzene rings is 1. The second-order valence-corrected chi connectivity index (χ2v) is 7.23. The van der Waals surface area contributed by atoms with E-state index >= 15 is 0 Å². The van der Waals surface area contributed by atoms with Crippen molar-refractivity contribution in [2.75, 3.05) is 20.2 Å². The molecule has 0 bridgehead atoms. The molecule has 6 nitrogen and oxygen atoms in total. The maximum atomic E-state index is 13.3. The van der Waals surface area contributed by atoms with Gasteiger partial charge in [-0.05, 0) is 50.9 Å². The molecule has 1 N–H and O–H groups in total. The van der Waals surface area contributed by atoms with E-state index in [2.05, 4.69) is 22.6 Å². The Morgan fingerprint density at radius 2 is 2.23 bits per heavy atom. The van der Waals surface area contributed by atoms with Crippen molar-refractivity contribution in [2.45, 2.75) is 44.7 Å². The van der Waals surface area contributed by atoms with Gasteiger partial charge in [-0.3, -0.25) is 4.79 Å². The van der Waals surface area contributed by atoms with Crippen molar-refractivity contribution in [3.8, 4) is 5.75 Å². The fraction of sp³-hybridized carbons (Fsp3) is 0.500. The molecule has 4 rings (SSSR count). The van der Waals surface area contributed by atoms with E-state index in [0.29, 0.717) is 23.6 Å². The van der Waals surface area contributed by atoms with E-state index in [1.54, 1.807) is 14.0 Å². The summed E-state index contributed by atoms with van der Waals surface area (Å²) in [5.41, 5.74) is 2.49. The molecule has 138 valence electrons. The van der Waals surface area contributed by atoms with Crippen LogP contribution in [0.5, 0.6) is 5.75 Å². The first-order valence-electron chi connectivity index (χ1n) is 9.21. The van der Waals surface area contributed by atoms with E-state index in [9.17, 15) is 4.79 Å². The van der Waals surface area contributed by atoms with Gasteiger partial charge in [-0.1, -0.05) is 17.3 Å². The molecule has 1 amide bonds. The van der Waals surface area contributed by atoms with Crippen LogP contribution in [0.2, 0.25) is 0 Å². The third-order valence-corrected chi connectivity index (χ3v) is 5.73. The van der Waals surface area contributed by atoms with E-state index in [1.807, 2.05) is 24.0 Å². The second-order valence-electron chi connectivity index (χ2n) is 7.23. The van der Waals surface area contributed by atoms with E-state index in [0.717, 1.165) is 25.1 Å². The number of hydrogen-bond donors (Lipinski definition) is 1. The van der Waals surface area contributed by atoms with Gasteiger partial charge in [0.25, 0.3) is 5.91 Å². The van der Waals surface area contributed by atoms with E-state index in [1.165, 1.54) is 5.56 Å². The monoisotopic (exact) mass is 355 g/mol. The second kappa shape index (κ2) is 6.76. The molecule has 1 aromatic carbocycles. The van der Waals surface area contributed by atoms with Crippen molar-refractivity contribution in [1.82, 2.24) is 15.4 Å². The number of carbonyl (C=O) groups excluding carboxylic acids is 1. The molecule has 1 aromatic heterocycles. The van der Waals surface area contributed by atoms with Crippen LogP contribution in [0.4, 0.5) is 0 Å². The summed E-state index contributed by atoms with van der Waals surface area (Å²) >= 11 is 0. The van der Waals surface area contributed by atoms with Gasteiger partial charge >= 0.3 is 0 Å². The smallest absolute Gasteiger partial charge is 0.259 e. The number of fused-ring (bicyclic) bond motifs is 1. The molecule has 0 spiro atoms. The molecular weight excluding hydrogens is 330 g/mol. The quantitative estimate of drug-likeness (QED) is 0.917. The summed E-state index contributed by atoms with van der Waals surface area (Å²) in [7, 11) is 1.68. The Balaban J connectivity index is 1.67.